The van der Waals surface area contributed by atoms with Crippen LogP contribution in [0.15, 0.2) is 29.2 Å². The molecule has 4 N–H and O–H groups in total. The first-order valence-electron chi connectivity index (χ1n) is 3.54. The molecule has 0 heterocycles. The van der Waals surface area contributed by atoms with E-state index in [1.54, 1.807) is 12.1 Å². The van der Waals surface area contributed by atoms with Gasteiger partial charge >= 0.3 is 0 Å². The van der Waals surface area contributed by atoms with Gasteiger partial charge in [-0.15, -0.1) is 0 Å². The Labute approximate surface area is 76.3 Å². The molecule has 0 bridgehead atoms. The molecule has 0 amide bonds. The van der Waals surface area contributed by atoms with Crippen molar-refractivity contribution in [1.29, 1.82) is 0 Å². The van der Waals surface area contributed by atoms with E-state index in [1.165, 1.54) is 12.1 Å². The first kappa shape index (κ1) is 10.1. The van der Waals surface area contributed by atoms with Crippen molar-refractivity contribution in [2.45, 2.75) is 11.4 Å². The molecular weight excluding hydrogens is 192 g/mol. The zero-order valence-corrected chi connectivity index (χ0v) is 7.58. The maximum Gasteiger partial charge on any atom is 0.294 e. The summed E-state index contributed by atoms with van der Waals surface area (Å²) in [6.45, 7) is 0.190. The average Bonchev–Trinajstić information content (AvgIpc) is 2.04. The van der Waals surface area contributed by atoms with Crippen molar-refractivity contribution in [1.82, 2.24) is 5.43 Å². The first-order valence-corrected chi connectivity index (χ1v) is 4.98. The second-order valence-electron chi connectivity index (χ2n) is 2.46. The predicted molar refractivity (Wildman–Crippen MR) is 47.3 cm³/mol. The fourth-order valence-corrected chi connectivity index (χ4v) is 1.73. The summed E-state index contributed by atoms with van der Waals surface area (Å²) in [7, 11) is -4.15. The standard InChI is InChI=1S/C7H10N2O3S/c8-9-5-6-3-1-2-4-7(6)13(10,11)12/h1-4,9H,5,8H2,(H,10,11,12). The summed E-state index contributed by atoms with van der Waals surface area (Å²) in [5, 5.41) is 0. The summed E-state index contributed by atoms with van der Waals surface area (Å²) < 4.78 is 30.4. The van der Waals surface area contributed by atoms with Crippen LogP contribution in [0.3, 0.4) is 0 Å². The van der Waals surface area contributed by atoms with Gasteiger partial charge in [-0.25, -0.2) is 0 Å². The molecule has 72 valence electrons. The van der Waals surface area contributed by atoms with Crippen LogP contribution >= 0.6 is 0 Å². The van der Waals surface area contributed by atoms with Gasteiger partial charge in [0.05, 0.1) is 4.90 Å². The molecule has 0 atom stereocenters. The molecule has 0 aliphatic heterocycles. The molecule has 0 radical (unpaired) electrons. The van der Waals surface area contributed by atoms with Crippen LogP contribution in [0, 0.1) is 0 Å². The van der Waals surface area contributed by atoms with Crippen LogP contribution in [-0.2, 0) is 16.7 Å². The van der Waals surface area contributed by atoms with E-state index in [9.17, 15) is 8.42 Å². The number of hydrogen-bond acceptors (Lipinski definition) is 4. The summed E-state index contributed by atoms with van der Waals surface area (Å²) in [6.07, 6.45) is 0. The van der Waals surface area contributed by atoms with Gasteiger partial charge in [-0.05, 0) is 11.6 Å². The Kier molecular flexibility index (Phi) is 2.99. The summed E-state index contributed by atoms with van der Waals surface area (Å²) in [5.41, 5.74) is 2.76. The smallest absolute Gasteiger partial charge is 0.282 e. The number of nitrogens with two attached hydrogens (primary N) is 1. The van der Waals surface area contributed by atoms with Gasteiger partial charge in [-0.1, -0.05) is 18.2 Å². The zero-order chi connectivity index (χ0) is 9.90. The fraction of sp³-hybridized carbons (Fsp3) is 0.143. The van der Waals surface area contributed by atoms with Crippen LogP contribution in [0.2, 0.25) is 0 Å². The van der Waals surface area contributed by atoms with Crippen LogP contribution in [0.5, 0.6) is 0 Å². The highest BCUT2D eigenvalue weighted by atomic mass is 32.2. The van der Waals surface area contributed by atoms with Gasteiger partial charge in [0.2, 0.25) is 0 Å². The largest absolute Gasteiger partial charge is 0.294 e. The Hall–Kier alpha value is -0.950. The van der Waals surface area contributed by atoms with E-state index in [1.807, 2.05) is 0 Å². The molecule has 0 aliphatic carbocycles. The van der Waals surface area contributed by atoms with Crippen molar-refractivity contribution in [3.63, 3.8) is 0 Å². The van der Waals surface area contributed by atoms with Crippen LogP contribution in [0.1, 0.15) is 5.56 Å². The molecule has 13 heavy (non-hydrogen) atoms. The molecule has 1 aromatic carbocycles. The lowest BCUT2D eigenvalue weighted by Crippen LogP contribution is -2.22. The zero-order valence-electron chi connectivity index (χ0n) is 6.77. The van der Waals surface area contributed by atoms with Gasteiger partial charge in [0.15, 0.2) is 0 Å². The third-order valence-electron chi connectivity index (χ3n) is 1.54. The number of benzene rings is 1. The van der Waals surface area contributed by atoms with Gasteiger partial charge in [-0.2, -0.15) is 8.42 Å². The molecule has 5 nitrogen and oxygen atoms in total. The summed E-state index contributed by atoms with van der Waals surface area (Å²) in [5.74, 6) is 5.05. The summed E-state index contributed by atoms with van der Waals surface area (Å²) in [4.78, 5) is -0.118. The lowest BCUT2D eigenvalue weighted by molar-refractivity contribution is 0.481. The molecule has 0 unspecified atom stereocenters. The summed E-state index contributed by atoms with van der Waals surface area (Å²) >= 11 is 0. The minimum Gasteiger partial charge on any atom is -0.282 e. The Morgan fingerprint density at radius 3 is 2.54 bits per heavy atom. The highest BCUT2D eigenvalue weighted by Gasteiger charge is 2.13. The highest BCUT2D eigenvalue weighted by Crippen LogP contribution is 2.14. The van der Waals surface area contributed by atoms with Crippen LogP contribution in [-0.4, -0.2) is 13.0 Å². The van der Waals surface area contributed by atoms with Gasteiger partial charge in [0.1, 0.15) is 0 Å². The van der Waals surface area contributed by atoms with E-state index in [4.69, 9.17) is 10.4 Å². The maximum absolute atomic E-state index is 10.8. The normalized spacial score (nSPS) is 11.5. The molecule has 0 aliphatic rings. The Balaban J connectivity index is 3.20. The van der Waals surface area contributed by atoms with Crippen molar-refractivity contribution in [3.05, 3.63) is 29.8 Å². The van der Waals surface area contributed by atoms with Gasteiger partial charge < -0.3 is 0 Å². The van der Waals surface area contributed by atoms with Crippen molar-refractivity contribution in [2.75, 3.05) is 0 Å². The lowest BCUT2D eigenvalue weighted by Gasteiger charge is -2.04. The van der Waals surface area contributed by atoms with E-state index in [2.05, 4.69) is 5.43 Å². The number of hydrazine groups is 1. The number of rotatable bonds is 3. The Morgan fingerprint density at radius 2 is 2.00 bits per heavy atom. The maximum atomic E-state index is 10.8. The number of hydrogen-bond donors (Lipinski definition) is 3. The second kappa shape index (κ2) is 3.84. The van der Waals surface area contributed by atoms with Crippen molar-refractivity contribution in [2.24, 2.45) is 5.84 Å². The predicted octanol–water partition coefficient (Wildman–Crippen LogP) is -0.103. The van der Waals surface area contributed by atoms with Gasteiger partial charge in [-0.3, -0.25) is 15.8 Å². The van der Waals surface area contributed by atoms with Crippen molar-refractivity contribution < 1.29 is 13.0 Å². The monoisotopic (exact) mass is 202 g/mol. The second-order valence-corrected chi connectivity index (χ2v) is 3.85. The molecule has 0 aromatic heterocycles. The van der Waals surface area contributed by atoms with Crippen LogP contribution < -0.4 is 11.3 Å². The van der Waals surface area contributed by atoms with Crippen molar-refractivity contribution in [3.8, 4) is 0 Å². The van der Waals surface area contributed by atoms with E-state index < -0.39 is 10.1 Å². The molecule has 6 heteroatoms. The molecule has 1 aromatic rings. The summed E-state index contributed by atoms with van der Waals surface area (Å²) in [6, 6.07) is 6.09. The molecule has 1 rings (SSSR count). The minimum absolute atomic E-state index is 0.118. The fourth-order valence-electron chi connectivity index (χ4n) is 1.01. The van der Waals surface area contributed by atoms with Crippen molar-refractivity contribution >= 4 is 10.1 Å². The van der Waals surface area contributed by atoms with Gasteiger partial charge in [0.25, 0.3) is 10.1 Å². The lowest BCUT2D eigenvalue weighted by atomic mass is 10.2. The third kappa shape index (κ3) is 2.49. The number of nitrogens with one attached hydrogen (secondary N) is 1. The quantitative estimate of drug-likeness (QED) is 0.361. The Bertz CT molecular complexity index is 388. The van der Waals surface area contributed by atoms with Crippen LogP contribution in [0.4, 0.5) is 0 Å². The van der Waals surface area contributed by atoms with E-state index in [0.29, 0.717) is 5.56 Å². The SMILES string of the molecule is NNCc1ccccc1S(=O)(=O)O. The third-order valence-corrected chi connectivity index (χ3v) is 2.50. The van der Waals surface area contributed by atoms with Gasteiger partial charge in [0, 0.05) is 6.54 Å². The van der Waals surface area contributed by atoms with E-state index in [-0.39, 0.29) is 11.4 Å². The molecule has 0 fully saturated rings. The average molecular weight is 202 g/mol. The Morgan fingerprint density at radius 1 is 1.38 bits per heavy atom. The van der Waals surface area contributed by atoms with Crippen LogP contribution in [0.25, 0.3) is 0 Å². The molecule has 0 saturated heterocycles. The molecular formula is C7H10N2O3S. The minimum atomic E-state index is -4.15. The van der Waals surface area contributed by atoms with E-state index >= 15 is 0 Å². The topological polar surface area (TPSA) is 92.4 Å². The van der Waals surface area contributed by atoms with E-state index in [0.717, 1.165) is 0 Å². The molecule has 0 saturated carbocycles. The molecule has 0 spiro atoms. The first-order chi connectivity index (χ1) is 6.05. The highest BCUT2D eigenvalue weighted by molar-refractivity contribution is 7.85.